The van der Waals surface area contributed by atoms with Crippen molar-refractivity contribution in [2.75, 3.05) is 6.61 Å². The van der Waals surface area contributed by atoms with Crippen molar-refractivity contribution in [1.29, 1.82) is 0 Å². The molecule has 1 aromatic rings. The van der Waals surface area contributed by atoms with Crippen LogP contribution in [0.3, 0.4) is 0 Å². The van der Waals surface area contributed by atoms with Gasteiger partial charge in [-0.25, -0.2) is 0 Å². The summed E-state index contributed by atoms with van der Waals surface area (Å²) in [6.45, 7) is 2.56. The Morgan fingerprint density at radius 2 is 1.04 bits per heavy atom. The van der Waals surface area contributed by atoms with Gasteiger partial charge in [0.1, 0.15) is 0 Å². The maximum atomic E-state index is 12.0. The molecule has 0 fully saturated rings. The van der Waals surface area contributed by atoms with Gasteiger partial charge in [0.05, 0.1) is 11.5 Å². The number of unbranched alkanes of at least 4 members (excludes halogenated alkanes) is 14. The summed E-state index contributed by atoms with van der Waals surface area (Å²) in [5.41, 5.74) is 0. The van der Waals surface area contributed by atoms with Gasteiger partial charge in [-0.3, -0.25) is 4.18 Å². The Labute approximate surface area is 196 Å². The molecule has 0 radical (unpaired) electrons. The van der Waals surface area contributed by atoms with Crippen molar-refractivity contribution in [2.24, 2.45) is 0 Å². The Morgan fingerprint density at radius 1 is 0.643 bits per heavy atom. The van der Waals surface area contributed by atoms with Gasteiger partial charge >= 0.3 is 29.6 Å². The number of hydrogen-bond donors (Lipinski definition) is 0. The fourth-order valence-corrected chi connectivity index (χ4v) is 4.26. The van der Waals surface area contributed by atoms with E-state index in [2.05, 4.69) is 6.92 Å². The zero-order chi connectivity index (χ0) is 19.6. The second-order valence-electron chi connectivity index (χ2n) is 7.54. The third-order valence-electron chi connectivity index (χ3n) is 5.02. The topological polar surface area (TPSA) is 43.4 Å². The predicted octanol–water partition coefficient (Wildman–Crippen LogP) is 6.61. The van der Waals surface area contributed by atoms with Gasteiger partial charge in [-0.05, 0) is 18.6 Å². The average Bonchev–Trinajstić information content (AvgIpc) is 2.68. The van der Waals surface area contributed by atoms with Crippen LogP contribution in [0.5, 0.6) is 0 Å². The molecular formula is C23H41NaO3S. The summed E-state index contributed by atoms with van der Waals surface area (Å²) in [6.07, 6.45) is 19.5. The van der Waals surface area contributed by atoms with Crippen LogP contribution in [0, 0.1) is 0 Å². The van der Waals surface area contributed by atoms with E-state index in [1.807, 2.05) is 0 Å². The molecule has 0 spiro atoms. The Hall–Kier alpha value is 0.130. The second kappa shape index (κ2) is 19.1. The van der Waals surface area contributed by atoms with E-state index in [0.717, 1.165) is 12.8 Å². The molecular weight excluding hydrogens is 379 g/mol. The fourth-order valence-electron chi connectivity index (χ4n) is 3.30. The summed E-state index contributed by atoms with van der Waals surface area (Å²) in [4.78, 5) is 0.242. The van der Waals surface area contributed by atoms with Gasteiger partial charge in [0.2, 0.25) is 0 Å². The molecule has 3 nitrogen and oxygen atoms in total. The first-order chi connectivity index (χ1) is 13.2. The minimum absolute atomic E-state index is 0. The molecule has 0 atom stereocenters. The van der Waals surface area contributed by atoms with Crippen molar-refractivity contribution in [3.63, 3.8) is 0 Å². The van der Waals surface area contributed by atoms with E-state index >= 15 is 0 Å². The normalized spacial score (nSPS) is 11.3. The van der Waals surface area contributed by atoms with Crippen LogP contribution in [0.25, 0.3) is 0 Å². The van der Waals surface area contributed by atoms with E-state index in [9.17, 15) is 8.42 Å². The zero-order valence-electron chi connectivity index (χ0n) is 17.3. The molecule has 0 heterocycles. The molecule has 0 aliphatic rings. The van der Waals surface area contributed by atoms with Crippen molar-refractivity contribution in [3.8, 4) is 0 Å². The van der Waals surface area contributed by atoms with Gasteiger partial charge in [0.25, 0.3) is 10.1 Å². The van der Waals surface area contributed by atoms with Crippen molar-refractivity contribution in [2.45, 2.75) is 108 Å². The van der Waals surface area contributed by atoms with Crippen molar-refractivity contribution < 1.29 is 12.6 Å². The van der Waals surface area contributed by atoms with E-state index < -0.39 is 10.1 Å². The molecule has 28 heavy (non-hydrogen) atoms. The van der Waals surface area contributed by atoms with Crippen LogP contribution < -0.4 is 0 Å². The van der Waals surface area contributed by atoms with Crippen LogP contribution in [0.2, 0.25) is 0 Å². The number of benzene rings is 1. The van der Waals surface area contributed by atoms with Crippen LogP contribution in [0.15, 0.2) is 35.2 Å². The van der Waals surface area contributed by atoms with Gasteiger partial charge in [0, 0.05) is 0 Å². The Bertz CT molecular complexity index is 546. The van der Waals surface area contributed by atoms with Gasteiger partial charge in [-0.1, -0.05) is 115 Å². The monoisotopic (exact) mass is 420 g/mol. The van der Waals surface area contributed by atoms with Crippen LogP contribution in [0.4, 0.5) is 0 Å². The number of rotatable bonds is 18. The molecule has 0 unspecified atom stereocenters. The molecule has 0 saturated heterocycles. The zero-order valence-corrected chi connectivity index (χ0v) is 18.1. The summed E-state index contributed by atoms with van der Waals surface area (Å²) in [6, 6.07) is 8.37. The molecule has 0 bridgehead atoms. The van der Waals surface area contributed by atoms with E-state index in [0.29, 0.717) is 0 Å². The standard InChI is InChI=1S/C23H40O3S.Na.H/c1-2-3-4-5-6-7-8-9-10-11-12-13-14-15-19-22-26-27(24,25)23-20-17-16-18-21-23;;/h16-18,20-21H,2-15,19,22H2,1H3;;. The molecule has 1 rings (SSSR count). The minimum atomic E-state index is -3.58. The molecule has 1 aromatic carbocycles. The quantitative estimate of drug-likeness (QED) is 0.152. The van der Waals surface area contributed by atoms with Gasteiger partial charge in [0.15, 0.2) is 0 Å². The number of hydrogen-bond acceptors (Lipinski definition) is 3. The van der Waals surface area contributed by atoms with Crippen molar-refractivity contribution in [1.82, 2.24) is 0 Å². The van der Waals surface area contributed by atoms with Crippen LogP contribution in [-0.2, 0) is 14.3 Å². The first kappa shape index (κ1) is 28.1. The van der Waals surface area contributed by atoms with Gasteiger partial charge < -0.3 is 0 Å². The third-order valence-corrected chi connectivity index (χ3v) is 6.34. The fraction of sp³-hybridized carbons (Fsp3) is 0.739. The molecule has 0 aliphatic carbocycles. The first-order valence-corrected chi connectivity index (χ1v) is 12.5. The van der Waals surface area contributed by atoms with Gasteiger partial charge in [-0.2, -0.15) is 8.42 Å². The molecule has 0 aliphatic heterocycles. The van der Waals surface area contributed by atoms with Crippen LogP contribution in [-0.4, -0.2) is 44.6 Å². The second-order valence-corrected chi connectivity index (χ2v) is 9.15. The van der Waals surface area contributed by atoms with Crippen molar-refractivity contribution in [3.05, 3.63) is 30.3 Å². The van der Waals surface area contributed by atoms with Crippen LogP contribution in [0.1, 0.15) is 103 Å². The molecule has 0 aromatic heterocycles. The van der Waals surface area contributed by atoms with Crippen molar-refractivity contribution >= 4 is 39.7 Å². The Balaban J connectivity index is 0.00000729. The third kappa shape index (κ3) is 15.0. The molecule has 0 amide bonds. The average molecular weight is 421 g/mol. The van der Waals surface area contributed by atoms with E-state index in [4.69, 9.17) is 4.18 Å². The SMILES string of the molecule is CCCCCCCCCCCCCCCCCOS(=O)(=O)c1ccccc1.[NaH]. The summed E-state index contributed by atoms with van der Waals surface area (Å²) >= 11 is 0. The van der Waals surface area contributed by atoms with E-state index in [1.54, 1.807) is 30.3 Å². The molecule has 0 N–H and O–H groups in total. The summed E-state index contributed by atoms with van der Waals surface area (Å²) in [5.74, 6) is 0. The maximum absolute atomic E-state index is 12.0. The van der Waals surface area contributed by atoms with E-state index in [-0.39, 0.29) is 41.1 Å². The predicted molar refractivity (Wildman–Crippen MR) is 122 cm³/mol. The van der Waals surface area contributed by atoms with Gasteiger partial charge in [-0.15, -0.1) is 0 Å². The summed E-state index contributed by atoms with van der Waals surface area (Å²) < 4.78 is 29.0. The Morgan fingerprint density at radius 3 is 1.46 bits per heavy atom. The first-order valence-electron chi connectivity index (χ1n) is 11.1. The Kier molecular flexibility index (Phi) is 19.2. The van der Waals surface area contributed by atoms with Crippen LogP contribution >= 0.6 is 0 Å². The molecule has 158 valence electrons. The molecule has 0 saturated carbocycles. The molecule has 5 heteroatoms. The van der Waals surface area contributed by atoms with E-state index in [1.165, 1.54) is 83.5 Å². The summed E-state index contributed by atoms with van der Waals surface area (Å²) in [7, 11) is -3.58. The summed E-state index contributed by atoms with van der Waals surface area (Å²) in [5, 5.41) is 0.